The zero-order chi connectivity index (χ0) is 26.9. The molecule has 8 heteroatoms. The van der Waals surface area contributed by atoms with Gasteiger partial charge in [-0.3, -0.25) is 19.2 Å². The fraction of sp³-hybridized carbons (Fsp3) is 0.655. The Labute approximate surface area is 217 Å². The summed E-state index contributed by atoms with van der Waals surface area (Å²) in [6.07, 6.45) is 4.12. The smallest absolute Gasteiger partial charge is 0.310 e. The number of allylic oxidation sites excluding steroid dienone is 1. The third-order valence-corrected chi connectivity index (χ3v) is 10.1. The quantitative estimate of drug-likeness (QED) is 0.324. The van der Waals surface area contributed by atoms with E-state index in [-0.39, 0.29) is 30.5 Å². The van der Waals surface area contributed by atoms with Crippen molar-refractivity contribution >= 4 is 23.7 Å². The third-order valence-electron chi connectivity index (χ3n) is 10.1. The van der Waals surface area contributed by atoms with Crippen LogP contribution in [-0.4, -0.2) is 36.9 Å². The summed E-state index contributed by atoms with van der Waals surface area (Å²) in [6, 6.07) is 1.83. The van der Waals surface area contributed by atoms with Gasteiger partial charge in [0.1, 0.15) is 18.0 Å². The molecule has 1 aliphatic heterocycles. The second-order valence-electron chi connectivity index (χ2n) is 12.3. The van der Waals surface area contributed by atoms with Gasteiger partial charge in [0.15, 0.2) is 0 Å². The van der Waals surface area contributed by atoms with Crippen LogP contribution in [0.5, 0.6) is 0 Å². The van der Waals surface area contributed by atoms with E-state index in [1.165, 1.54) is 14.0 Å². The van der Waals surface area contributed by atoms with Crippen molar-refractivity contribution in [2.24, 2.45) is 34.0 Å². The maximum atomic E-state index is 14.2. The highest BCUT2D eigenvalue weighted by molar-refractivity contribution is 5.92. The van der Waals surface area contributed by atoms with Crippen LogP contribution in [-0.2, 0) is 33.4 Å². The minimum Gasteiger partial charge on any atom is -0.472 e. The first-order valence-corrected chi connectivity index (χ1v) is 13.1. The van der Waals surface area contributed by atoms with Gasteiger partial charge in [0.25, 0.3) is 0 Å². The highest BCUT2D eigenvalue weighted by atomic mass is 16.6. The average Bonchev–Trinajstić information content (AvgIpc) is 3.36. The van der Waals surface area contributed by atoms with Gasteiger partial charge in [-0.25, -0.2) is 0 Å². The highest BCUT2D eigenvalue weighted by Crippen LogP contribution is 2.68. The second kappa shape index (κ2) is 8.57. The number of hydrogen-bond acceptors (Lipinski definition) is 8. The van der Waals surface area contributed by atoms with E-state index in [9.17, 15) is 19.2 Å². The Morgan fingerprint density at radius 3 is 2.51 bits per heavy atom. The number of fused-ring (bicyclic) bond motifs is 5. The van der Waals surface area contributed by atoms with Crippen molar-refractivity contribution in [2.75, 3.05) is 7.11 Å². The molecule has 0 amide bonds. The van der Waals surface area contributed by atoms with E-state index in [1.54, 1.807) is 12.5 Å². The molecule has 0 aromatic carbocycles. The molecule has 2 heterocycles. The Balaban J connectivity index is 1.69. The summed E-state index contributed by atoms with van der Waals surface area (Å²) >= 11 is 0. The van der Waals surface area contributed by atoms with Crippen molar-refractivity contribution in [1.29, 1.82) is 0 Å². The van der Waals surface area contributed by atoms with Crippen LogP contribution < -0.4 is 0 Å². The molecule has 2 saturated carbocycles. The van der Waals surface area contributed by atoms with Gasteiger partial charge >= 0.3 is 17.9 Å². The van der Waals surface area contributed by atoms with Crippen molar-refractivity contribution in [3.63, 3.8) is 0 Å². The van der Waals surface area contributed by atoms with Gasteiger partial charge in [0.2, 0.25) is 0 Å². The number of cyclic esters (lactones) is 1. The lowest BCUT2D eigenvalue weighted by atomic mass is 9.40. The molecular formula is C29H36O8. The van der Waals surface area contributed by atoms with Gasteiger partial charge < -0.3 is 18.6 Å². The zero-order valence-electron chi connectivity index (χ0n) is 22.4. The molecule has 0 N–H and O–H groups in total. The maximum Gasteiger partial charge on any atom is 0.310 e. The third kappa shape index (κ3) is 3.62. The van der Waals surface area contributed by atoms with Crippen LogP contribution in [0.1, 0.15) is 78.4 Å². The molecule has 7 atom stereocenters. The van der Waals surface area contributed by atoms with E-state index in [4.69, 9.17) is 18.6 Å². The van der Waals surface area contributed by atoms with E-state index >= 15 is 0 Å². The van der Waals surface area contributed by atoms with E-state index in [0.29, 0.717) is 6.42 Å². The van der Waals surface area contributed by atoms with Crippen LogP contribution in [0.25, 0.3) is 0 Å². The molecule has 2 bridgehead atoms. The Kier molecular flexibility index (Phi) is 5.96. The number of carbonyl (C=O) groups excluding carboxylic acids is 4. The van der Waals surface area contributed by atoms with E-state index in [0.717, 1.165) is 29.6 Å². The number of furan rings is 1. The van der Waals surface area contributed by atoms with E-state index in [2.05, 4.69) is 6.92 Å². The number of ketones is 1. The summed E-state index contributed by atoms with van der Waals surface area (Å²) < 4.78 is 22.1. The Hall–Kier alpha value is -2.90. The molecule has 1 aromatic rings. The van der Waals surface area contributed by atoms with Crippen LogP contribution in [0.2, 0.25) is 0 Å². The molecule has 0 spiro atoms. The monoisotopic (exact) mass is 512 g/mol. The number of hydrogen-bond donors (Lipinski definition) is 0. The van der Waals surface area contributed by atoms with Crippen LogP contribution >= 0.6 is 0 Å². The first-order valence-electron chi connectivity index (χ1n) is 13.1. The van der Waals surface area contributed by atoms with Crippen LogP contribution in [0.15, 0.2) is 34.2 Å². The zero-order valence-corrected chi connectivity index (χ0v) is 22.4. The molecule has 3 fully saturated rings. The predicted octanol–water partition coefficient (Wildman–Crippen LogP) is 4.73. The van der Waals surface area contributed by atoms with Gasteiger partial charge in [-0.1, -0.05) is 33.3 Å². The molecule has 200 valence electrons. The number of carbonyl (C=O) groups is 4. The molecule has 8 nitrogen and oxygen atoms in total. The molecule has 4 aliphatic rings. The van der Waals surface area contributed by atoms with Crippen LogP contribution in [0, 0.1) is 34.0 Å². The fourth-order valence-corrected chi connectivity index (χ4v) is 8.37. The fourth-order valence-electron chi connectivity index (χ4n) is 8.37. The standard InChI is InChI=1S/C29H36O8/c1-15(30)36-26-18-11-17-19(29(5,24(18)33)21(27(26,2)3)13-22(31)34-6)7-9-28(4)20(17)12-23(32)37-25(28)16-8-10-35-14-16/h8,10,14,18-19,21,25-26H,7,9,11-13H2,1-6H3/t18?,19?,21-,25-,26+,28+,29+/m0/s1. The van der Waals surface area contributed by atoms with Gasteiger partial charge in [0, 0.05) is 35.2 Å². The summed E-state index contributed by atoms with van der Waals surface area (Å²) in [5.74, 6) is -2.20. The SMILES string of the molecule is COC(=O)C[C@H]1C(C)(C)[C@H](OC(C)=O)C2CC3=C4CC(=O)O[C@@H](c5ccoc5)[C@]4(C)CCC3[C@@]1(C)C2=O. The number of methoxy groups -OCH3 is 1. The number of rotatable bonds is 4. The van der Waals surface area contributed by atoms with Crippen LogP contribution in [0.3, 0.4) is 0 Å². The molecule has 37 heavy (non-hydrogen) atoms. The predicted molar refractivity (Wildman–Crippen MR) is 131 cm³/mol. The van der Waals surface area contributed by atoms with E-state index < -0.39 is 52.2 Å². The minimum absolute atomic E-state index is 0.0368. The van der Waals surface area contributed by atoms with Crippen LogP contribution in [0.4, 0.5) is 0 Å². The van der Waals surface area contributed by atoms with Crippen molar-refractivity contribution in [2.45, 2.75) is 78.9 Å². The van der Waals surface area contributed by atoms with Gasteiger partial charge in [-0.2, -0.15) is 0 Å². The maximum absolute atomic E-state index is 14.2. The van der Waals surface area contributed by atoms with Crippen molar-refractivity contribution < 1.29 is 37.8 Å². The molecular weight excluding hydrogens is 476 g/mol. The summed E-state index contributed by atoms with van der Waals surface area (Å²) in [5.41, 5.74) is 0.968. The molecule has 1 saturated heterocycles. The minimum atomic E-state index is -0.868. The molecule has 3 aliphatic carbocycles. The normalized spacial score (nSPS) is 38.3. The molecule has 0 radical (unpaired) electrons. The molecule has 2 unspecified atom stereocenters. The average molecular weight is 513 g/mol. The summed E-state index contributed by atoms with van der Waals surface area (Å²) in [5, 5.41) is 0. The van der Waals surface area contributed by atoms with E-state index in [1.807, 2.05) is 26.8 Å². The first-order chi connectivity index (χ1) is 17.4. The highest BCUT2D eigenvalue weighted by Gasteiger charge is 2.68. The topological polar surface area (TPSA) is 109 Å². The van der Waals surface area contributed by atoms with Crippen molar-refractivity contribution in [3.8, 4) is 0 Å². The van der Waals surface area contributed by atoms with Crippen molar-refractivity contribution in [1.82, 2.24) is 0 Å². The lowest BCUT2D eigenvalue weighted by Crippen LogP contribution is -2.66. The molecule has 5 rings (SSSR count). The lowest BCUT2D eigenvalue weighted by Gasteiger charge is -2.63. The summed E-state index contributed by atoms with van der Waals surface area (Å²) in [7, 11) is 1.35. The number of esters is 3. The second-order valence-corrected chi connectivity index (χ2v) is 12.3. The first kappa shape index (κ1) is 25.7. The Bertz CT molecular complexity index is 1180. The Morgan fingerprint density at radius 1 is 1.16 bits per heavy atom. The summed E-state index contributed by atoms with van der Waals surface area (Å²) in [6.45, 7) is 9.43. The summed E-state index contributed by atoms with van der Waals surface area (Å²) in [4.78, 5) is 52.0. The largest absolute Gasteiger partial charge is 0.472 e. The van der Waals surface area contributed by atoms with Gasteiger partial charge in [0.05, 0.1) is 32.0 Å². The molecule has 1 aromatic heterocycles. The Morgan fingerprint density at radius 2 is 1.89 bits per heavy atom. The van der Waals surface area contributed by atoms with Gasteiger partial charge in [-0.05, 0) is 42.7 Å². The van der Waals surface area contributed by atoms with Crippen molar-refractivity contribution in [3.05, 3.63) is 35.3 Å². The lowest BCUT2D eigenvalue weighted by molar-refractivity contribution is -0.197. The number of Topliss-reactive ketones (excluding diaryl/α,β-unsaturated/α-hetero) is 1. The number of ether oxygens (including phenoxy) is 3. The van der Waals surface area contributed by atoms with Gasteiger partial charge in [-0.15, -0.1) is 0 Å².